The van der Waals surface area contributed by atoms with Gasteiger partial charge in [0.1, 0.15) is 23.3 Å². The molecule has 0 saturated carbocycles. The molecule has 11 nitrogen and oxygen atoms in total. The first kappa shape index (κ1) is 24.0. The van der Waals surface area contributed by atoms with Gasteiger partial charge in [0, 0.05) is 50.3 Å². The maximum atomic E-state index is 15.0. The van der Waals surface area contributed by atoms with Crippen molar-refractivity contribution in [3.63, 3.8) is 0 Å². The van der Waals surface area contributed by atoms with Crippen LogP contribution < -0.4 is 21.1 Å². The highest BCUT2D eigenvalue weighted by Crippen LogP contribution is 2.25. The summed E-state index contributed by atoms with van der Waals surface area (Å²) < 4.78 is 16.6. The molecule has 0 spiro atoms. The first-order valence-electron chi connectivity index (χ1n) is 11.6. The van der Waals surface area contributed by atoms with Crippen LogP contribution in [0.4, 0.5) is 27.5 Å². The zero-order valence-electron chi connectivity index (χ0n) is 20.1. The normalized spacial score (nSPS) is 13.9. The van der Waals surface area contributed by atoms with Crippen molar-refractivity contribution in [1.29, 1.82) is 0 Å². The zero-order valence-corrected chi connectivity index (χ0v) is 20.1. The van der Waals surface area contributed by atoms with Gasteiger partial charge in [-0.15, -0.1) is 0 Å². The van der Waals surface area contributed by atoms with Crippen LogP contribution in [-0.2, 0) is 4.79 Å². The van der Waals surface area contributed by atoms with Gasteiger partial charge in [-0.25, -0.2) is 14.4 Å². The highest BCUT2D eigenvalue weighted by atomic mass is 19.1. The molecule has 1 aliphatic rings. The van der Waals surface area contributed by atoms with Crippen LogP contribution in [-0.4, -0.2) is 68.5 Å². The minimum absolute atomic E-state index is 0.104. The van der Waals surface area contributed by atoms with E-state index in [-0.39, 0.29) is 28.5 Å². The molecular weight excluding hydrogens is 477 g/mol. The molecule has 0 aliphatic carbocycles. The second-order valence-corrected chi connectivity index (χ2v) is 8.52. The number of hydrogen-bond donors (Lipinski definition) is 2. The second-order valence-electron chi connectivity index (χ2n) is 8.52. The summed E-state index contributed by atoms with van der Waals surface area (Å²) in [4.78, 5) is 45.1. The maximum absolute atomic E-state index is 15.0. The lowest BCUT2D eigenvalue weighted by Gasteiger charge is -2.34. The fourth-order valence-electron chi connectivity index (χ4n) is 3.99. The number of halogens is 1. The van der Waals surface area contributed by atoms with Gasteiger partial charge in [-0.05, 0) is 37.4 Å². The van der Waals surface area contributed by atoms with E-state index >= 15 is 0 Å². The third-order valence-corrected chi connectivity index (χ3v) is 6.04. The highest BCUT2D eigenvalue weighted by Gasteiger charge is 2.17. The van der Waals surface area contributed by atoms with Crippen LogP contribution in [0.1, 0.15) is 0 Å². The van der Waals surface area contributed by atoms with E-state index in [4.69, 9.17) is 0 Å². The Morgan fingerprint density at radius 3 is 2.65 bits per heavy atom. The Labute approximate surface area is 211 Å². The predicted octanol–water partition coefficient (Wildman–Crippen LogP) is 2.33. The van der Waals surface area contributed by atoms with Gasteiger partial charge in [-0.2, -0.15) is 9.97 Å². The average molecular weight is 502 g/mol. The minimum Gasteiger partial charge on any atom is -0.369 e. The number of amides is 1. The molecule has 1 amide bonds. The molecule has 37 heavy (non-hydrogen) atoms. The fourth-order valence-corrected chi connectivity index (χ4v) is 3.99. The van der Waals surface area contributed by atoms with Crippen LogP contribution in [0, 0.1) is 5.82 Å². The van der Waals surface area contributed by atoms with Gasteiger partial charge in [0.15, 0.2) is 5.65 Å². The third-order valence-electron chi connectivity index (χ3n) is 6.04. The summed E-state index contributed by atoms with van der Waals surface area (Å²) in [5.41, 5.74) is 1.30. The van der Waals surface area contributed by atoms with Crippen molar-refractivity contribution in [2.75, 3.05) is 48.8 Å². The monoisotopic (exact) mass is 501 g/mol. The molecule has 1 aromatic carbocycles. The summed E-state index contributed by atoms with van der Waals surface area (Å²) in [5.74, 6) is -0.470. The number of likely N-dealkylation sites (N-methyl/N-ethyl adjacent to an activating group) is 1. The molecular formula is C25H24FN9O2. The summed E-state index contributed by atoms with van der Waals surface area (Å²) in [6.45, 7) is 6.92. The molecule has 2 N–H and O–H groups in total. The predicted molar refractivity (Wildman–Crippen MR) is 139 cm³/mol. The zero-order chi connectivity index (χ0) is 25.9. The van der Waals surface area contributed by atoms with Crippen LogP contribution >= 0.6 is 0 Å². The van der Waals surface area contributed by atoms with Crippen molar-refractivity contribution in [3.8, 4) is 5.69 Å². The Morgan fingerprint density at radius 1 is 1.08 bits per heavy atom. The van der Waals surface area contributed by atoms with Crippen molar-refractivity contribution in [3.05, 3.63) is 77.9 Å². The molecule has 0 unspecified atom stereocenters. The van der Waals surface area contributed by atoms with Gasteiger partial charge in [-0.3, -0.25) is 14.2 Å². The van der Waals surface area contributed by atoms with E-state index in [9.17, 15) is 14.0 Å². The van der Waals surface area contributed by atoms with E-state index in [0.717, 1.165) is 37.9 Å². The highest BCUT2D eigenvalue weighted by molar-refractivity contribution is 5.98. The SMILES string of the molecule is C=CC(=O)Nc1cc(-n2cnc(=O)c3cnc(Nc4ccc(N5CCN(C)CC5)cc4F)nc32)ccn1. The first-order valence-corrected chi connectivity index (χ1v) is 11.6. The topological polar surface area (TPSA) is 121 Å². The number of fused-ring (bicyclic) bond motifs is 1. The summed E-state index contributed by atoms with van der Waals surface area (Å²) >= 11 is 0. The van der Waals surface area contributed by atoms with Crippen molar-refractivity contribution in [1.82, 2.24) is 29.4 Å². The molecule has 1 aliphatic heterocycles. The first-order chi connectivity index (χ1) is 17.9. The molecule has 4 aromatic rings. The summed E-state index contributed by atoms with van der Waals surface area (Å²) in [5, 5.41) is 5.66. The average Bonchev–Trinajstić information content (AvgIpc) is 2.90. The molecule has 188 valence electrons. The van der Waals surface area contributed by atoms with E-state index in [1.54, 1.807) is 22.8 Å². The lowest BCUT2D eigenvalue weighted by atomic mass is 10.2. The van der Waals surface area contributed by atoms with E-state index in [1.807, 2.05) is 6.07 Å². The summed E-state index contributed by atoms with van der Waals surface area (Å²) in [7, 11) is 2.07. The number of pyridine rings is 1. The standard InChI is InChI=1S/C25H24FN9O2/c1-3-22(36)31-21-13-17(6-7-27-21)35-15-29-24(37)18-14-28-25(32-23(18)35)30-20-5-4-16(12-19(20)26)34-10-8-33(2)9-11-34/h3-7,12-15H,1,8-11H2,2H3,(H,27,31,36)(H,28,30,32). The van der Waals surface area contributed by atoms with Crippen LogP contribution in [0.2, 0.25) is 0 Å². The molecule has 0 bridgehead atoms. The molecule has 12 heteroatoms. The smallest absolute Gasteiger partial charge is 0.283 e. The number of nitrogens with zero attached hydrogens (tertiary/aromatic N) is 7. The number of rotatable bonds is 6. The quantitative estimate of drug-likeness (QED) is 0.384. The number of benzene rings is 1. The molecule has 5 rings (SSSR count). The van der Waals surface area contributed by atoms with Gasteiger partial charge >= 0.3 is 0 Å². The fraction of sp³-hybridized carbons (Fsp3) is 0.200. The summed E-state index contributed by atoms with van der Waals surface area (Å²) in [6.07, 6.45) is 5.29. The van der Waals surface area contributed by atoms with E-state index < -0.39 is 17.3 Å². The largest absolute Gasteiger partial charge is 0.369 e. The maximum Gasteiger partial charge on any atom is 0.283 e. The number of hydrogen-bond acceptors (Lipinski definition) is 9. The van der Waals surface area contributed by atoms with Crippen LogP contribution in [0.25, 0.3) is 16.7 Å². The Balaban J connectivity index is 1.46. The molecule has 3 aromatic heterocycles. The summed E-state index contributed by atoms with van der Waals surface area (Å²) in [6, 6.07) is 8.26. The van der Waals surface area contributed by atoms with Crippen molar-refractivity contribution >= 4 is 40.1 Å². The lowest BCUT2D eigenvalue weighted by Crippen LogP contribution is -2.44. The molecule has 0 radical (unpaired) electrons. The number of aromatic nitrogens is 5. The van der Waals surface area contributed by atoms with Crippen LogP contribution in [0.15, 0.2) is 66.5 Å². The second kappa shape index (κ2) is 10.1. The van der Waals surface area contributed by atoms with Gasteiger partial charge in [-0.1, -0.05) is 6.58 Å². The molecule has 4 heterocycles. The lowest BCUT2D eigenvalue weighted by molar-refractivity contribution is -0.111. The van der Waals surface area contributed by atoms with Crippen molar-refractivity contribution in [2.24, 2.45) is 0 Å². The Kier molecular flexibility index (Phi) is 6.56. The van der Waals surface area contributed by atoms with Gasteiger partial charge in [0.2, 0.25) is 11.9 Å². The van der Waals surface area contributed by atoms with Gasteiger partial charge in [0.25, 0.3) is 5.56 Å². The minimum atomic E-state index is -0.505. The van der Waals surface area contributed by atoms with Crippen LogP contribution in [0.3, 0.4) is 0 Å². The molecule has 1 saturated heterocycles. The Morgan fingerprint density at radius 2 is 1.89 bits per heavy atom. The van der Waals surface area contributed by atoms with Crippen LogP contribution in [0.5, 0.6) is 0 Å². The van der Waals surface area contributed by atoms with E-state index in [0.29, 0.717) is 5.69 Å². The number of carbonyl (C=O) groups excluding carboxylic acids is 1. The third kappa shape index (κ3) is 5.14. The van der Waals surface area contributed by atoms with Gasteiger partial charge < -0.3 is 20.4 Å². The van der Waals surface area contributed by atoms with E-state index in [2.05, 4.69) is 54.0 Å². The van der Waals surface area contributed by atoms with E-state index in [1.165, 1.54) is 24.8 Å². The van der Waals surface area contributed by atoms with Crippen molar-refractivity contribution < 1.29 is 9.18 Å². The number of anilines is 4. The number of piperazine rings is 1. The number of carbonyl (C=O) groups is 1. The Hall–Kier alpha value is -4.71. The van der Waals surface area contributed by atoms with Crippen molar-refractivity contribution in [2.45, 2.75) is 0 Å². The number of nitrogens with one attached hydrogen (secondary N) is 2. The molecule has 0 atom stereocenters. The Bertz CT molecular complexity index is 1550. The van der Waals surface area contributed by atoms with Gasteiger partial charge in [0.05, 0.1) is 11.4 Å². The molecule has 1 fully saturated rings.